The maximum absolute atomic E-state index is 11.9. The number of nitrogens with one attached hydrogen (secondary N) is 2. The summed E-state index contributed by atoms with van der Waals surface area (Å²) in [4.78, 5) is 11.9. The second-order valence-corrected chi connectivity index (χ2v) is 7.25. The van der Waals surface area contributed by atoms with Crippen molar-refractivity contribution in [3.05, 3.63) is 54.3 Å². The van der Waals surface area contributed by atoms with Crippen LogP contribution in [0.1, 0.15) is 26.3 Å². The first-order valence-corrected chi connectivity index (χ1v) is 8.78. The molecule has 0 fully saturated rings. The summed E-state index contributed by atoms with van der Waals surface area (Å²) in [5.74, 6) is 0. The van der Waals surface area contributed by atoms with Crippen LogP contribution in [0.2, 0.25) is 0 Å². The number of hydrogen-bond donors (Lipinski definition) is 3. The summed E-state index contributed by atoms with van der Waals surface area (Å²) in [5.41, 5.74) is 3.86. The lowest BCUT2D eigenvalue weighted by atomic mass is 10.0. The molecule has 2 aromatic carbocycles. The van der Waals surface area contributed by atoms with Crippen molar-refractivity contribution in [3.8, 4) is 11.1 Å². The van der Waals surface area contributed by atoms with E-state index in [1.807, 2.05) is 63.2 Å². The van der Waals surface area contributed by atoms with Gasteiger partial charge in [0.05, 0.1) is 6.26 Å². The maximum Gasteiger partial charge on any atom is 0.407 e. The SMILES string of the molecule is CC(C)(C)OC(=O)NCc1cccc(-c2cc(NCO)cc3ccoc23)c1. The van der Waals surface area contributed by atoms with Gasteiger partial charge in [-0.25, -0.2) is 4.79 Å². The summed E-state index contributed by atoms with van der Waals surface area (Å²) in [6, 6.07) is 13.6. The minimum atomic E-state index is -0.531. The quantitative estimate of drug-likeness (QED) is 0.578. The third-order valence-electron chi connectivity index (χ3n) is 3.91. The maximum atomic E-state index is 11.9. The normalized spacial score (nSPS) is 11.4. The van der Waals surface area contributed by atoms with Gasteiger partial charge in [-0.15, -0.1) is 0 Å². The molecule has 0 radical (unpaired) electrons. The molecule has 3 rings (SSSR count). The zero-order chi connectivity index (χ0) is 19.4. The van der Waals surface area contributed by atoms with E-state index in [-0.39, 0.29) is 6.73 Å². The topological polar surface area (TPSA) is 83.7 Å². The summed E-state index contributed by atoms with van der Waals surface area (Å²) in [6.07, 6.45) is 1.20. The number of fused-ring (bicyclic) bond motifs is 1. The van der Waals surface area contributed by atoms with Gasteiger partial charge in [0.15, 0.2) is 0 Å². The standard InChI is InChI=1S/C21H24N2O4/c1-21(2,3)27-20(25)22-12-14-5-4-6-15(9-14)18-11-17(23-13-24)10-16-7-8-26-19(16)18/h4-11,23-24H,12-13H2,1-3H3,(H,22,25). The molecule has 3 N–H and O–H groups in total. The van der Waals surface area contributed by atoms with Crippen molar-refractivity contribution < 1.29 is 19.1 Å². The second kappa shape index (κ2) is 7.72. The average Bonchev–Trinajstić information content (AvgIpc) is 3.07. The molecule has 0 aliphatic carbocycles. The predicted molar refractivity (Wildman–Crippen MR) is 105 cm³/mol. The van der Waals surface area contributed by atoms with Crippen LogP contribution in [0.25, 0.3) is 22.1 Å². The van der Waals surface area contributed by atoms with Gasteiger partial charge in [0.25, 0.3) is 0 Å². The van der Waals surface area contributed by atoms with Crippen LogP contribution >= 0.6 is 0 Å². The zero-order valence-electron chi connectivity index (χ0n) is 15.7. The highest BCUT2D eigenvalue weighted by atomic mass is 16.6. The van der Waals surface area contributed by atoms with E-state index in [0.29, 0.717) is 6.54 Å². The molecule has 0 atom stereocenters. The molecule has 1 amide bonds. The third-order valence-corrected chi connectivity index (χ3v) is 3.91. The Hall–Kier alpha value is -2.99. The Morgan fingerprint density at radius 1 is 1.19 bits per heavy atom. The van der Waals surface area contributed by atoms with Crippen molar-refractivity contribution in [3.63, 3.8) is 0 Å². The van der Waals surface area contributed by atoms with Crippen LogP contribution in [-0.4, -0.2) is 23.5 Å². The number of amides is 1. The Bertz CT molecular complexity index is 941. The number of furan rings is 1. The second-order valence-electron chi connectivity index (χ2n) is 7.25. The van der Waals surface area contributed by atoms with Crippen LogP contribution in [0.4, 0.5) is 10.5 Å². The summed E-state index contributed by atoms with van der Waals surface area (Å²) < 4.78 is 10.9. The Balaban J connectivity index is 1.84. The molecule has 142 valence electrons. The zero-order valence-corrected chi connectivity index (χ0v) is 15.7. The number of anilines is 1. The molecule has 6 heteroatoms. The number of aliphatic hydroxyl groups is 1. The number of alkyl carbamates (subject to hydrolysis) is 1. The lowest BCUT2D eigenvalue weighted by Crippen LogP contribution is -2.32. The molecule has 1 aromatic heterocycles. The molecule has 0 saturated carbocycles. The monoisotopic (exact) mass is 368 g/mol. The van der Waals surface area contributed by atoms with Crippen molar-refractivity contribution in [1.82, 2.24) is 5.32 Å². The molecule has 0 aliphatic rings. The van der Waals surface area contributed by atoms with Gasteiger partial charge in [0.1, 0.15) is 17.9 Å². The van der Waals surface area contributed by atoms with Gasteiger partial charge >= 0.3 is 6.09 Å². The minimum absolute atomic E-state index is 0.150. The van der Waals surface area contributed by atoms with E-state index >= 15 is 0 Å². The minimum Gasteiger partial charge on any atom is -0.464 e. The van der Waals surface area contributed by atoms with Crippen molar-refractivity contribution in [2.45, 2.75) is 32.9 Å². The molecule has 6 nitrogen and oxygen atoms in total. The Morgan fingerprint density at radius 3 is 2.74 bits per heavy atom. The number of carbonyl (C=O) groups is 1. The van der Waals surface area contributed by atoms with Gasteiger partial charge in [-0.1, -0.05) is 18.2 Å². The van der Waals surface area contributed by atoms with E-state index in [0.717, 1.165) is 33.3 Å². The summed E-state index contributed by atoms with van der Waals surface area (Å²) in [7, 11) is 0. The van der Waals surface area contributed by atoms with Crippen molar-refractivity contribution in [2.24, 2.45) is 0 Å². The molecule has 1 heterocycles. The largest absolute Gasteiger partial charge is 0.464 e. The molecule has 0 aliphatic heterocycles. The van der Waals surface area contributed by atoms with Gasteiger partial charge in [-0.3, -0.25) is 0 Å². The Morgan fingerprint density at radius 2 is 2.00 bits per heavy atom. The number of hydrogen-bond acceptors (Lipinski definition) is 5. The average molecular weight is 368 g/mol. The van der Waals surface area contributed by atoms with Crippen LogP contribution in [0.3, 0.4) is 0 Å². The molecule has 3 aromatic rings. The number of aliphatic hydroxyl groups excluding tert-OH is 1. The molecule has 27 heavy (non-hydrogen) atoms. The van der Waals surface area contributed by atoms with Crippen LogP contribution < -0.4 is 10.6 Å². The first-order valence-electron chi connectivity index (χ1n) is 8.78. The predicted octanol–water partition coefficient (Wildman–Crippen LogP) is 4.49. The number of ether oxygens (including phenoxy) is 1. The van der Waals surface area contributed by atoms with Crippen LogP contribution in [-0.2, 0) is 11.3 Å². The lowest BCUT2D eigenvalue weighted by molar-refractivity contribution is 0.0523. The fraction of sp³-hybridized carbons (Fsp3) is 0.286. The van der Waals surface area contributed by atoms with Gasteiger partial charge < -0.3 is 24.9 Å². The van der Waals surface area contributed by atoms with E-state index in [4.69, 9.17) is 14.3 Å². The van der Waals surface area contributed by atoms with E-state index in [2.05, 4.69) is 10.6 Å². The van der Waals surface area contributed by atoms with Crippen LogP contribution in [0, 0.1) is 0 Å². The van der Waals surface area contributed by atoms with E-state index in [9.17, 15) is 4.79 Å². The molecular weight excluding hydrogens is 344 g/mol. The highest BCUT2D eigenvalue weighted by molar-refractivity contribution is 5.95. The van der Waals surface area contributed by atoms with Gasteiger partial charge in [0.2, 0.25) is 0 Å². The van der Waals surface area contributed by atoms with Crippen molar-refractivity contribution >= 4 is 22.7 Å². The Kier molecular flexibility index (Phi) is 5.37. The lowest BCUT2D eigenvalue weighted by Gasteiger charge is -2.19. The molecular formula is C21H24N2O4. The molecule has 0 spiro atoms. The smallest absolute Gasteiger partial charge is 0.407 e. The fourth-order valence-corrected chi connectivity index (χ4v) is 2.83. The van der Waals surface area contributed by atoms with Crippen molar-refractivity contribution in [2.75, 3.05) is 12.0 Å². The molecule has 0 saturated heterocycles. The first kappa shape index (κ1) is 18.8. The van der Waals surface area contributed by atoms with E-state index < -0.39 is 11.7 Å². The summed E-state index contributed by atoms with van der Waals surface area (Å²) in [5, 5.41) is 15.8. The highest BCUT2D eigenvalue weighted by Gasteiger charge is 2.16. The van der Waals surface area contributed by atoms with Gasteiger partial charge in [-0.05, 0) is 56.2 Å². The number of carbonyl (C=O) groups excluding carboxylic acids is 1. The number of rotatable bonds is 5. The van der Waals surface area contributed by atoms with Gasteiger partial charge in [0, 0.05) is 23.2 Å². The van der Waals surface area contributed by atoms with E-state index in [1.165, 1.54) is 0 Å². The molecule has 0 unspecified atom stereocenters. The van der Waals surface area contributed by atoms with Gasteiger partial charge in [-0.2, -0.15) is 0 Å². The van der Waals surface area contributed by atoms with Crippen molar-refractivity contribution in [1.29, 1.82) is 0 Å². The summed E-state index contributed by atoms with van der Waals surface area (Å²) in [6.45, 7) is 5.70. The van der Waals surface area contributed by atoms with Crippen LogP contribution in [0.5, 0.6) is 0 Å². The summed E-state index contributed by atoms with van der Waals surface area (Å²) >= 11 is 0. The highest BCUT2D eigenvalue weighted by Crippen LogP contribution is 2.33. The Labute approximate surface area is 158 Å². The van der Waals surface area contributed by atoms with Crippen LogP contribution in [0.15, 0.2) is 53.1 Å². The fourth-order valence-electron chi connectivity index (χ4n) is 2.83. The number of benzene rings is 2. The third kappa shape index (κ3) is 4.80. The first-order chi connectivity index (χ1) is 12.9. The molecule has 0 bridgehead atoms. The van der Waals surface area contributed by atoms with E-state index in [1.54, 1.807) is 6.26 Å².